The van der Waals surface area contributed by atoms with Crippen molar-refractivity contribution >= 4 is 28.1 Å². The van der Waals surface area contributed by atoms with E-state index in [1.54, 1.807) is 17.4 Å². The first-order valence-corrected chi connectivity index (χ1v) is 12.2. The second-order valence-corrected chi connectivity index (χ2v) is 9.11. The topological polar surface area (TPSA) is 87.9 Å². The number of thiazole rings is 1. The van der Waals surface area contributed by atoms with Gasteiger partial charge in [0.15, 0.2) is 0 Å². The maximum absolute atomic E-state index is 11.7. The molecule has 6 nitrogen and oxygen atoms in total. The van der Waals surface area contributed by atoms with Gasteiger partial charge in [-0.2, -0.15) is 5.26 Å². The summed E-state index contributed by atoms with van der Waals surface area (Å²) < 4.78 is 4.75. The molecule has 0 bridgehead atoms. The molecule has 0 spiro atoms. The first kappa shape index (κ1) is 23.4. The first-order chi connectivity index (χ1) is 17.7. The van der Waals surface area contributed by atoms with Crippen LogP contribution in [0.5, 0.6) is 0 Å². The first-order valence-electron chi connectivity index (χ1n) is 11.3. The molecule has 176 valence electrons. The lowest BCUT2D eigenvalue weighted by Gasteiger charge is -2.19. The van der Waals surface area contributed by atoms with Gasteiger partial charge < -0.3 is 4.74 Å². The van der Waals surface area contributed by atoms with E-state index >= 15 is 0 Å². The quantitative estimate of drug-likeness (QED) is 0.286. The SMILES string of the molecule is COC(=O)c1ccc(CNC(c2ccc(C#N)c(-c3cccc4ccccc34)c2)c2cncs2)nc1. The van der Waals surface area contributed by atoms with E-state index in [2.05, 4.69) is 51.7 Å². The molecule has 0 fully saturated rings. The lowest BCUT2D eigenvalue weighted by molar-refractivity contribution is 0.0600. The molecule has 0 radical (unpaired) electrons. The van der Waals surface area contributed by atoms with Crippen molar-refractivity contribution in [3.63, 3.8) is 0 Å². The van der Waals surface area contributed by atoms with Gasteiger partial charge in [0.05, 0.1) is 41.6 Å². The summed E-state index contributed by atoms with van der Waals surface area (Å²) in [5.41, 5.74) is 6.57. The summed E-state index contributed by atoms with van der Waals surface area (Å²) in [5, 5.41) is 15.7. The van der Waals surface area contributed by atoms with Crippen LogP contribution in [0.1, 0.15) is 38.1 Å². The number of hydrogen-bond acceptors (Lipinski definition) is 7. The molecule has 1 unspecified atom stereocenters. The van der Waals surface area contributed by atoms with E-state index in [9.17, 15) is 10.1 Å². The van der Waals surface area contributed by atoms with Crippen molar-refractivity contribution < 1.29 is 9.53 Å². The minimum Gasteiger partial charge on any atom is -0.465 e. The summed E-state index contributed by atoms with van der Waals surface area (Å²) in [6.07, 6.45) is 3.37. The molecule has 2 aromatic heterocycles. The predicted molar refractivity (Wildman–Crippen MR) is 140 cm³/mol. The third-order valence-electron chi connectivity index (χ3n) is 6.05. The van der Waals surface area contributed by atoms with Gasteiger partial charge in [0.2, 0.25) is 0 Å². The third kappa shape index (κ3) is 4.73. The maximum Gasteiger partial charge on any atom is 0.339 e. The van der Waals surface area contributed by atoms with E-state index in [1.165, 1.54) is 13.3 Å². The number of nitriles is 1. The zero-order valence-corrected chi connectivity index (χ0v) is 20.3. The van der Waals surface area contributed by atoms with Crippen LogP contribution in [0, 0.1) is 11.3 Å². The molecular formula is C29H22N4O2S. The third-order valence-corrected chi connectivity index (χ3v) is 6.89. The number of hydrogen-bond donors (Lipinski definition) is 1. The fourth-order valence-electron chi connectivity index (χ4n) is 4.25. The number of carbonyl (C=O) groups excluding carboxylic acids is 1. The summed E-state index contributed by atoms with van der Waals surface area (Å²) in [6, 6.07) is 26.0. The number of esters is 1. The van der Waals surface area contributed by atoms with Gasteiger partial charge in [0, 0.05) is 29.4 Å². The zero-order chi connectivity index (χ0) is 24.9. The van der Waals surface area contributed by atoms with Crippen molar-refractivity contribution in [1.29, 1.82) is 5.26 Å². The molecule has 36 heavy (non-hydrogen) atoms. The van der Waals surface area contributed by atoms with Gasteiger partial charge in [-0.1, -0.05) is 48.5 Å². The minimum absolute atomic E-state index is 0.152. The van der Waals surface area contributed by atoms with Crippen molar-refractivity contribution in [3.05, 3.63) is 118 Å². The van der Waals surface area contributed by atoms with Gasteiger partial charge in [-0.3, -0.25) is 15.3 Å². The highest BCUT2D eigenvalue weighted by atomic mass is 32.1. The Kier molecular flexibility index (Phi) is 6.80. The van der Waals surface area contributed by atoms with Gasteiger partial charge >= 0.3 is 5.97 Å². The minimum atomic E-state index is -0.414. The van der Waals surface area contributed by atoms with E-state index in [-0.39, 0.29) is 6.04 Å². The van der Waals surface area contributed by atoms with Crippen LogP contribution in [-0.4, -0.2) is 23.0 Å². The van der Waals surface area contributed by atoms with E-state index in [0.717, 1.165) is 38.0 Å². The standard InChI is InChI=1S/C29H22N4O2S/c1-35-29(34)22-11-12-23(32-15-22)16-33-28(27-17-31-18-36-27)20-9-10-21(14-30)26(13-20)25-8-4-6-19-5-2-3-7-24(19)25/h2-13,15,17-18,28,33H,16H2,1H3. The smallest absolute Gasteiger partial charge is 0.339 e. The van der Waals surface area contributed by atoms with Crippen LogP contribution in [0.25, 0.3) is 21.9 Å². The average Bonchev–Trinajstić information content (AvgIpc) is 3.47. The molecule has 0 aliphatic rings. The van der Waals surface area contributed by atoms with Crippen LogP contribution in [0.3, 0.4) is 0 Å². The number of rotatable bonds is 7. The molecule has 0 saturated carbocycles. The number of benzene rings is 3. The summed E-state index contributed by atoms with van der Waals surface area (Å²) in [6.45, 7) is 0.480. The Morgan fingerprint density at radius 2 is 1.92 bits per heavy atom. The number of carbonyl (C=O) groups is 1. The molecule has 0 saturated heterocycles. The van der Waals surface area contributed by atoms with Crippen LogP contribution in [0.2, 0.25) is 0 Å². The summed E-state index contributed by atoms with van der Waals surface area (Å²) in [7, 11) is 1.35. The lowest BCUT2D eigenvalue weighted by Crippen LogP contribution is -2.22. The Bertz CT molecular complexity index is 1550. The van der Waals surface area contributed by atoms with Crippen molar-refractivity contribution in [2.75, 3.05) is 7.11 Å². The van der Waals surface area contributed by atoms with Crippen LogP contribution in [-0.2, 0) is 11.3 Å². The second-order valence-electron chi connectivity index (χ2n) is 8.19. The van der Waals surface area contributed by atoms with Crippen LogP contribution < -0.4 is 5.32 Å². The van der Waals surface area contributed by atoms with Crippen molar-refractivity contribution in [3.8, 4) is 17.2 Å². The highest BCUT2D eigenvalue weighted by Gasteiger charge is 2.19. The number of nitrogens with one attached hydrogen (secondary N) is 1. The molecule has 5 rings (SSSR count). The van der Waals surface area contributed by atoms with Crippen molar-refractivity contribution in [1.82, 2.24) is 15.3 Å². The number of nitrogens with zero attached hydrogens (tertiary/aromatic N) is 3. The maximum atomic E-state index is 11.7. The summed E-state index contributed by atoms with van der Waals surface area (Å²) in [4.78, 5) is 21.4. The Balaban J connectivity index is 1.51. The predicted octanol–water partition coefficient (Wildman–Crippen LogP) is 5.90. The van der Waals surface area contributed by atoms with E-state index in [0.29, 0.717) is 17.7 Å². The largest absolute Gasteiger partial charge is 0.465 e. The lowest BCUT2D eigenvalue weighted by atomic mass is 9.91. The van der Waals surface area contributed by atoms with Crippen molar-refractivity contribution in [2.45, 2.75) is 12.6 Å². The molecular weight excluding hydrogens is 468 g/mol. The Morgan fingerprint density at radius 1 is 1.06 bits per heavy atom. The molecule has 7 heteroatoms. The highest BCUT2D eigenvalue weighted by Crippen LogP contribution is 2.34. The van der Waals surface area contributed by atoms with Gasteiger partial charge in [-0.15, -0.1) is 11.3 Å². The molecule has 0 amide bonds. The normalized spacial score (nSPS) is 11.7. The fraction of sp³-hybridized carbons (Fsp3) is 0.103. The Morgan fingerprint density at radius 3 is 2.67 bits per heavy atom. The fourth-order valence-corrected chi connectivity index (χ4v) is 4.97. The average molecular weight is 491 g/mol. The van der Waals surface area contributed by atoms with Crippen LogP contribution >= 0.6 is 11.3 Å². The van der Waals surface area contributed by atoms with E-state index < -0.39 is 5.97 Å². The molecule has 0 aliphatic carbocycles. The second kappa shape index (κ2) is 10.5. The van der Waals surface area contributed by atoms with Gasteiger partial charge in [0.1, 0.15) is 0 Å². The van der Waals surface area contributed by atoms with Gasteiger partial charge in [-0.25, -0.2) is 4.79 Å². The molecule has 2 heterocycles. The van der Waals surface area contributed by atoms with Crippen LogP contribution in [0.4, 0.5) is 0 Å². The summed E-state index contributed by atoms with van der Waals surface area (Å²) >= 11 is 1.56. The molecule has 5 aromatic rings. The van der Waals surface area contributed by atoms with Crippen LogP contribution in [0.15, 0.2) is 90.7 Å². The number of fused-ring (bicyclic) bond motifs is 1. The monoisotopic (exact) mass is 490 g/mol. The molecule has 0 aliphatic heterocycles. The van der Waals surface area contributed by atoms with E-state index in [4.69, 9.17) is 4.74 Å². The Labute approximate surface area is 212 Å². The number of ether oxygens (including phenoxy) is 1. The highest BCUT2D eigenvalue weighted by molar-refractivity contribution is 7.09. The van der Waals surface area contributed by atoms with E-state index in [1.807, 2.05) is 48.1 Å². The summed E-state index contributed by atoms with van der Waals surface area (Å²) in [5.74, 6) is -0.414. The van der Waals surface area contributed by atoms with Gasteiger partial charge in [-0.05, 0) is 46.2 Å². The number of pyridine rings is 1. The molecule has 3 aromatic carbocycles. The molecule has 1 atom stereocenters. The Hall–Kier alpha value is -4.38. The molecule has 1 N–H and O–H groups in total. The van der Waals surface area contributed by atoms with Gasteiger partial charge in [0.25, 0.3) is 0 Å². The number of methoxy groups -OCH3 is 1. The zero-order valence-electron chi connectivity index (χ0n) is 19.5. The van der Waals surface area contributed by atoms with Crippen molar-refractivity contribution in [2.24, 2.45) is 0 Å². The number of aromatic nitrogens is 2.